The van der Waals surface area contributed by atoms with E-state index >= 15 is 0 Å². The molecule has 0 aliphatic heterocycles. The number of nitrogens with zero attached hydrogens (tertiary/aromatic N) is 2. The van der Waals surface area contributed by atoms with Crippen LogP contribution in [-0.4, -0.2) is 27.7 Å². The van der Waals surface area contributed by atoms with Crippen LogP contribution >= 0.6 is 15.9 Å². The van der Waals surface area contributed by atoms with Gasteiger partial charge in [0.15, 0.2) is 5.69 Å². The molecule has 0 aliphatic carbocycles. The Bertz CT molecular complexity index is 965. The van der Waals surface area contributed by atoms with Crippen LogP contribution in [0.25, 0.3) is 5.52 Å². The van der Waals surface area contributed by atoms with Gasteiger partial charge in [0.1, 0.15) is 0 Å². The van der Waals surface area contributed by atoms with Gasteiger partial charge < -0.3 is 10.6 Å². The van der Waals surface area contributed by atoms with E-state index in [1.807, 2.05) is 18.2 Å². The first-order valence-electron chi connectivity index (χ1n) is 7.54. The maximum atomic E-state index is 12.7. The molecule has 0 saturated carbocycles. The average Bonchev–Trinajstić information content (AvgIpc) is 3.01. The van der Waals surface area contributed by atoms with Crippen molar-refractivity contribution in [3.05, 3.63) is 77.3 Å². The van der Waals surface area contributed by atoms with Crippen LogP contribution < -0.4 is 10.6 Å². The van der Waals surface area contributed by atoms with Crippen LogP contribution in [0.3, 0.4) is 0 Å². The third-order valence-electron chi connectivity index (χ3n) is 3.50. The summed E-state index contributed by atoms with van der Waals surface area (Å²) in [5, 5.41) is 5.48. The van der Waals surface area contributed by atoms with E-state index in [1.165, 1.54) is 0 Å². The summed E-state index contributed by atoms with van der Waals surface area (Å²) >= 11 is 3.39. The molecule has 7 heteroatoms. The van der Waals surface area contributed by atoms with Gasteiger partial charge in [0, 0.05) is 17.2 Å². The van der Waals surface area contributed by atoms with E-state index in [0.717, 1.165) is 4.47 Å². The van der Waals surface area contributed by atoms with Crippen LogP contribution in [0, 0.1) is 0 Å². The van der Waals surface area contributed by atoms with Crippen molar-refractivity contribution in [2.75, 3.05) is 11.9 Å². The third-order valence-corrected chi connectivity index (χ3v) is 4.19. The highest BCUT2D eigenvalue weighted by atomic mass is 79.9. The maximum absolute atomic E-state index is 12.7. The predicted molar refractivity (Wildman–Crippen MR) is 99.8 cm³/mol. The number of amides is 2. The molecule has 2 N–H and O–H groups in total. The van der Waals surface area contributed by atoms with Gasteiger partial charge in [-0.25, -0.2) is 4.98 Å². The molecule has 2 heterocycles. The van der Waals surface area contributed by atoms with Gasteiger partial charge >= 0.3 is 0 Å². The molecule has 0 spiro atoms. The fraction of sp³-hybridized carbons (Fsp3) is 0.0556. The zero-order chi connectivity index (χ0) is 17.8. The average molecular weight is 399 g/mol. The minimum atomic E-state index is -0.390. The molecular formula is C18H15BrN4O2. The molecule has 126 valence electrons. The van der Waals surface area contributed by atoms with E-state index in [-0.39, 0.29) is 17.4 Å². The molecule has 0 unspecified atom stereocenters. The van der Waals surface area contributed by atoms with Gasteiger partial charge in [-0.15, -0.1) is 6.58 Å². The van der Waals surface area contributed by atoms with Crippen molar-refractivity contribution in [3.8, 4) is 0 Å². The largest absolute Gasteiger partial charge is 0.346 e. The number of hydrogen-bond acceptors (Lipinski definition) is 3. The molecule has 0 bridgehead atoms. The van der Waals surface area contributed by atoms with Crippen LogP contribution in [0.15, 0.2) is 65.8 Å². The lowest BCUT2D eigenvalue weighted by atomic mass is 10.3. The summed E-state index contributed by atoms with van der Waals surface area (Å²) in [7, 11) is 0. The molecular weight excluding hydrogens is 384 g/mol. The Morgan fingerprint density at radius 3 is 2.68 bits per heavy atom. The topological polar surface area (TPSA) is 75.5 Å². The second kappa shape index (κ2) is 7.31. The number of halogens is 1. The summed E-state index contributed by atoms with van der Waals surface area (Å²) in [6, 6.07) is 12.6. The number of fused-ring (bicyclic) bond motifs is 1. The van der Waals surface area contributed by atoms with E-state index in [4.69, 9.17) is 0 Å². The number of carbonyl (C=O) groups is 2. The fourth-order valence-electron chi connectivity index (χ4n) is 2.35. The Balaban J connectivity index is 1.99. The zero-order valence-electron chi connectivity index (χ0n) is 13.2. The Labute approximate surface area is 152 Å². The van der Waals surface area contributed by atoms with Gasteiger partial charge in [-0.2, -0.15) is 0 Å². The van der Waals surface area contributed by atoms with Crippen molar-refractivity contribution >= 4 is 38.9 Å². The molecule has 3 aromatic rings. The third kappa shape index (κ3) is 3.46. The number of carbonyl (C=O) groups excluding carboxylic acids is 2. The van der Waals surface area contributed by atoms with Crippen molar-refractivity contribution in [2.45, 2.75) is 0 Å². The first kappa shape index (κ1) is 16.9. The van der Waals surface area contributed by atoms with Gasteiger partial charge in [0.25, 0.3) is 11.8 Å². The summed E-state index contributed by atoms with van der Waals surface area (Å²) in [5.41, 5.74) is 1.36. The van der Waals surface area contributed by atoms with Crippen molar-refractivity contribution in [1.29, 1.82) is 0 Å². The van der Waals surface area contributed by atoms with E-state index in [9.17, 15) is 9.59 Å². The van der Waals surface area contributed by atoms with Crippen molar-refractivity contribution in [3.63, 3.8) is 0 Å². The summed E-state index contributed by atoms with van der Waals surface area (Å²) in [6.07, 6.45) is 3.27. The number of aromatic nitrogens is 2. The lowest BCUT2D eigenvalue weighted by Gasteiger charge is -2.05. The molecule has 0 saturated heterocycles. The van der Waals surface area contributed by atoms with E-state index in [0.29, 0.717) is 17.7 Å². The van der Waals surface area contributed by atoms with Crippen molar-refractivity contribution in [2.24, 2.45) is 0 Å². The smallest absolute Gasteiger partial charge is 0.287 e. The molecule has 1 aromatic carbocycles. The van der Waals surface area contributed by atoms with Crippen molar-refractivity contribution < 1.29 is 9.59 Å². The normalized spacial score (nSPS) is 10.4. The molecule has 0 radical (unpaired) electrons. The predicted octanol–water partition coefficient (Wildman–Crippen LogP) is 3.26. The molecule has 0 atom stereocenters. The molecule has 2 amide bonds. The second-order valence-corrected chi connectivity index (χ2v) is 6.03. The number of benzene rings is 1. The van der Waals surface area contributed by atoms with Gasteiger partial charge in [0.05, 0.1) is 11.2 Å². The minimum absolute atomic E-state index is 0.148. The first-order valence-corrected chi connectivity index (χ1v) is 8.33. The maximum Gasteiger partial charge on any atom is 0.287 e. The number of pyridine rings is 1. The number of para-hydroxylation sites is 1. The quantitative estimate of drug-likeness (QED) is 0.647. The number of hydrogen-bond donors (Lipinski definition) is 2. The highest BCUT2D eigenvalue weighted by Gasteiger charge is 2.21. The summed E-state index contributed by atoms with van der Waals surface area (Å²) in [5.74, 6) is -0.617. The van der Waals surface area contributed by atoms with Crippen LogP contribution in [0.4, 0.5) is 5.69 Å². The SMILES string of the molecule is C=CCNC(=O)c1nc(C(=O)Nc2ccccc2Br)c2ccccn12. The Morgan fingerprint density at radius 1 is 1.16 bits per heavy atom. The number of anilines is 1. The second-order valence-electron chi connectivity index (χ2n) is 5.17. The fourth-order valence-corrected chi connectivity index (χ4v) is 2.74. The highest BCUT2D eigenvalue weighted by molar-refractivity contribution is 9.10. The summed E-state index contributed by atoms with van der Waals surface area (Å²) in [4.78, 5) is 29.2. The lowest BCUT2D eigenvalue weighted by Crippen LogP contribution is -2.25. The van der Waals surface area contributed by atoms with E-state index in [1.54, 1.807) is 40.9 Å². The molecule has 2 aromatic heterocycles. The van der Waals surface area contributed by atoms with Gasteiger partial charge in [-0.3, -0.25) is 14.0 Å². The van der Waals surface area contributed by atoms with Gasteiger partial charge in [-0.1, -0.05) is 24.3 Å². The molecule has 25 heavy (non-hydrogen) atoms. The monoisotopic (exact) mass is 398 g/mol. The Hall–Kier alpha value is -2.93. The first-order chi connectivity index (χ1) is 12.1. The highest BCUT2D eigenvalue weighted by Crippen LogP contribution is 2.22. The Kier molecular flexibility index (Phi) is 4.95. The molecule has 0 fully saturated rings. The van der Waals surface area contributed by atoms with E-state index < -0.39 is 5.91 Å². The van der Waals surface area contributed by atoms with E-state index in [2.05, 4.69) is 38.1 Å². The molecule has 6 nitrogen and oxygen atoms in total. The standard InChI is InChI=1S/C18H15BrN4O2/c1-2-10-20-18(25)16-22-15(14-9-5-6-11-23(14)16)17(24)21-13-8-4-3-7-12(13)19/h2-9,11H,1,10H2,(H,20,25)(H,21,24). The minimum Gasteiger partial charge on any atom is -0.346 e. The van der Waals surface area contributed by atoms with Gasteiger partial charge in [-0.05, 0) is 40.2 Å². The zero-order valence-corrected chi connectivity index (χ0v) is 14.8. The summed E-state index contributed by atoms with van der Waals surface area (Å²) in [6.45, 7) is 3.89. The van der Waals surface area contributed by atoms with Gasteiger partial charge in [0.2, 0.25) is 5.82 Å². The summed E-state index contributed by atoms with van der Waals surface area (Å²) < 4.78 is 2.35. The molecule has 3 rings (SSSR count). The van der Waals surface area contributed by atoms with Crippen LogP contribution in [0.1, 0.15) is 21.1 Å². The van der Waals surface area contributed by atoms with Crippen LogP contribution in [0.5, 0.6) is 0 Å². The number of imidazole rings is 1. The molecule has 0 aliphatic rings. The van der Waals surface area contributed by atoms with Crippen LogP contribution in [0.2, 0.25) is 0 Å². The van der Waals surface area contributed by atoms with Crippen molar-refractivity contribution in [1.82, 2.24) is 14.7 Å². The number of rotatable bonds is 5. The van der Waals surface area contributed by atoms with Crippen LogP contribution in [-0.2, 0) is 0 Å². The Morgan fingerprint density at radius 2 is 1.92 bits per heavy atom. The lowest BCUT2D eigenvalue weighted by molar-refractivity contribution is 0.0947. The number of nitrogens with one attached hydrogen (secondary N) is 2.